The summed E-state index contributed by atoms with van der Waals surface area (Å²) in [5, 5.41) is 22.0. The molecule has 24 heavy (non-hydrogen) atoms. The first-order chi connectivity index (χ1) is 11.8. The molecular formula is C15H16N4O5. The molecule has 2 saturated heterocycles. The maximum Gasteiger partial charge on any atom is 0.182 e. The molecule has 126 valence electrons. The SMILES string of the molecule is O[C@@H]1CO[C@H]2[C@@H]1OC[C@@H]2n1nnnc1-c1ccc2c(c1)OCCO2. The summed E-state index contributed by atoms with van der Waals surface area (Å²) in [6.07, 6.45) is -1.18. The lowest BCUT2D eigenvalue weighted by molar-refractivity contribution is 0.0169. The van der Waals surface area contributed by atoms with Crippen LogP contribution in [0.4, 0.5) is 0 Å². The summed E-state index contributed by atoms with van der Waals surface area (Å²) in [6.45, 7) is 1.74. The van der Waals surface area contributed by atoms with Crippen LogP contribution in [-0.2, 0) is 9.47 Å². The Morgan fingerprint density at radius 2 is 1.88 bits per heavy atom. The zero-order valence-corrected chi connectivity index (χ0v) is 12.7. The second kappa shape index (κ2) is 5.40. The van der Waals surface area contributed by atoms with Crippen molar-refractivity contribution in [3.63, 3.8) is 0 Å². The van der Waals surface area contributed by atoms with E-state index in [1.54, 1.807) is 4.68 Å². The van der Waals surface area contributed by atoms with Crippen molar-refractivity contribution in [3.05, 3.63) is 18.2 Å². The molecule has 4 heterocycles. The van der Waals surface area contributed by atoms with Crippen LogP contribution in [0.2, 0.25) is 0 Å². The lowest BCUT2D eigenvalue weighted by Gasteiger charge is -2.20. The molecule has 9 nitrogen and oxygen atoms in total. The van der Waals surface area contributed by atoms with Gasteiger partial charge in [-0.15, -0.1) is 5.10 Å². The second-order valence-electron chi connectivity index (χ2n) is 6.04. The minimum atomic E-state index is -0.603. The predicted molar refractivity (Wildman–Crippen MR) is 78.8 cm³/mol. The smallest absolute Gasteiger partial charge is 0.182 e. The van der Waals surface area contributed by atoms with Gasteiger partial charge in [0.2, 0.25) is 0 Å². The van der Waals surface area contributed by atoms with Crippen LogP contribution >= 0.6 is 0 Å². The van der Waals surface area contributed by atoms with E-state index in [9.17, 15) is 5.11 Å². The highest BCUT2D eigenvalue weighted by atomic mass is 16.6. The van der Waals surface area contributed by atoms with Crippen LogP contribution in [0.3, 0.4) is 0 Å². The number of nitrogens with zero attached hydrogens (tertiary/aromatic N) is 4. The van der Waals surface area contributed by atoms with E-state index in [1.807, 2.05) is 18.2 Å². The van der Waals surface area contributed by atoms with Gasteiger partial charge in [-0.1, -0.05) is 0 Å². The molecule has 3 aliphatic heterocycles. The van der Waals surface area contributed by atoms with Crippen molar-refractivity contribution >= 4 is 0 Å². The van der Waals surface area contributed by atoms with Gasteiger partial charge in [0.05, 0.1) is 13.2 Å². The van der Waals surface area contributed by atoms with Gasteiger partial charge in [-0.2, -0.15) is 0 Å². The van der Waals surface area contributed by atoms with Crippen LogP contribution in [0.25, 0.3) is 11.4 Å². The van der Waals surface area contributed by atoms with Crippen molar-refractivity contribution in [2.24, 2.45) is 0 Å². The molecule has 1 aromatic carbocycles. The molecule has 9 heteroatoms. The Bertz CT molecular complexity index is 766. The minimum Gasteiger partial charge on any atom is -0.486 e. The van der Waals surface area contributed by atoms with Crippen molar-refractivity contribution in [1.82, 2.24) is 20.2 Å². The largest absolute Gasteiger partial charge is 0.486 e. The number of aliphatic hydroxyl groups excluding tert-OH is 1. The van der Waals surface area contributed by atoms with E-state index in [0.29, 0.717) is 31.4 Å². The fourth-order valence-corrected chi connectivity index (χ4v) is 3.46. The number of benzene rings is 1. The van der Waals surface area contributed by atoms with Crippen LogP contribution in [0.5, 0.6) is 11.5 Å². The van der Waals surface area contributed by atoms with E-state index < -0.39 is 6.10 Å². The van der Waals surface area contributed by atoms with E-state index in [1.165, 1.54) is 0 Å². The van der Waals surface area contributed by atoms with E-state index >= 15 is 0 Å². The summed E-state index contributed by atoms with van der Waals surface area (Å²) in [5.74, 6) is 2.00. The van der Waals surface area contributed by atoms with Crippen LogP contribution < -0.4 is 9.47 Å². The van der Waals surface area contributed by atoms with Gasteiger partial charge in [0, 0.05) is 5.56 Å². The van der Waals surface area contributed by atoms with Crippen molar-refractivity contribution in [3.8, 4) is 22.9 Å². The van der Waals surface area contributed by atoms with E-state index in [4.69, 9.17) is 18.9 Å². The van der Waals surface area contributed by atoms with Crippen LogP contribution in [0, 0.1) is 0 Å². The number of ether oxygens (including phenoxy) is 4. The first-order valence-electron chi connectivity index (χ1n) is 7.90. The van der Waals surface area contributed by atoms with Gasteiger partial charge in [0.1, 0.15) is 37.6 Å². The summed E-state index contributed by atoms with van der Waals surface area (Å²) in [6, 6.07) is 5.44. The maximum atomic E-state index is 9.89. The summed E-state index contributed by atoms with van der Waals surface area (Å²) < 4.78 is 24.2. The maximum absolute atomic E-state index is 9.89. The Morgan fingerprint density at radius 1 is 1.04 bits per heavy atom. The number of hydrogen-bond acceptors (Lipinski definition) is 8. The molecule has 0 spiro atoms. The van der Waals surface area contributed by atoms with Gasteiger partial charge < -0.3 is 24.1 Å². The third kappa shape index (κ3) is 2.09. The third-order valence-corrected chi connectivity index (χ3v) is 4.61. The number of tetrazole rings is 1. The Labute approximate surface area is 137 Å². The Morgan fingerprint density at radius 3 is 2.79 bits per heavy atom. The average molecular weight is 332 g/mol. The third-order valence-electron chi connectivity index (χ3n) is 4.61. The monoisotopic (exact) mass is 332 g/mol. The molecule has 0 bridgehead atoms. The van der Waals surface area contributed by atoms with E-state index in [0.717, 1.165) is 11.3 Å². The van der Waals surface area contributed by atoms with Crippen LogP contribution in [0.15, 0.2) is 18.2 Å². The Hall–Kier alpha value is -2.23. The first kappa shape index (κ1) is 14.1. The van der Waals surface area contributed by atoms with Crippen molar-refractivity contribution < 1.29 is 24.1 Å². The lowest BCUT2D eigenvalue weighted by atomic mass is 10.1. The molecule has 2 fully saturated rings. The summed E-state index contributed by atoms with van der Waals surface area (Å²) in [7, 11) is 0. The fourth-order valence-electron chi connectivity index (χ4n) is 3.46. The Balaban J connectivity index is 1.50. The van der Waals surface area contributed by atoms with Gasteiger partial charge in [-0.25, -0.2) is 4.68 Å². The Kier molecular flexibility index (Phi) is 3.18. The van der Waals surface area contributed by atoms with Gasteiger partial charge in [0.25, 0.3) is 0 Å². The summed E-state index contributed by atoms with van der Waals surface area (Å²) >= 11 is 0. The normalized spacial score (nSPS) is 31.2. The number of aliphatic hydroxyl groups is 1. The molecule has 4 atom stereocenters. The predicted octanol–water partition coefficient (Wildman–Crippen LogP) is -0.189. The molecule has 2 aromatic rings. The molecular weight excluding hydrogens is 316 g/mol. The zero-order valence-electron chi connectivity index (χ0n) is 12.7. The molecule has 3 aliphatic rings. The second-order valence-corrected chi connectivity index (χ2v) is 6.04. The van der Waals surface area contributed by atoms with E-state index in [-0.39, 0.29) is 24.9 Å². The van der Waals surface area contributed by atoms with Gasteiger partial charge in [0.15, 0.2) is 17.3 Å². The fraction of sp³-hybridized carbons (Fsp3) is 0.533. The molecule has 0 saturated carbocycles. The minimum absolute atomic E-state index is 0.176. The molecule has 1 aromatic heterocycles. The highest BCUT2D eigenvalue weighted by Crippen LogP contribution is 2.37. The molecule has 0 aliphatic carbocycles. The number of rotatable bonds is 2. The number of aromatic nitrogens is 4. The summed E-state index contributed by atoms with van der Waals surface area (Å²) in [4.78, 5) is 0. The molecule has 5 rings (SSSR count). The highest BCUT2D eigenvalue weighted by molar-refractivity contribution is 5.61. The number of fused-ring (bicyclic) bond motifs is 2. The number of hydrogen-bond donors (Lipinski definition) is 1. The van der Waals surface area contributed by atoms with Gasteiger partial charge >= 0.3 is 0 Å². The van der Waals surface area contributed by atoms with Crippen molar-refractivity contribution in [2.75, 3.05) is 26.4 Å². The summed E-state index contributed by atoms with van der Waals surface area (Å²) in [5.41, 5.74) is 0.825. The van der Waals surface area contributed by atoms with Crippen LogP contribution in [-0.4, -0.2) is 70.1 Å². The van der Waals surface area contributed by atoms with Gasteiger partial charge in [-0.05, 0) is 28.6 Å². The molecule has 0 amide bonds. The standard InChI is InChI=1S/C15H16N4O5/c20-10-7-24-13-9(6-23-14(10)13)19-15(16-17-18-19)8-1-2-11-12(5-8)22-4-3-21-11/h1-2,5,9-10,13-14,20H,3-4,6-7H2/t9-,10+,13+,14+/m0/s1. The van der Waals surface area contributed by atoms with Crippen molar-refractivity contribution in [2.45, 2.75) is 24.4 Å². The zero-order chi connectivity index (χ0) is 16.1. The van der Waals surface area contributed by atoms with E-state index in [2.05, 4.69) is 15.5 Å². The topological polar surface area (TPSA) is 101 Å². The first-order valence-corrected chi connectivity index (χ1v) is 7.90. The average Bonchev–Trinajstić information content (AvgIpc) is 3.32. The molecule has 1 N–H and O–H groups in total. The lowest BCUT2D eigenvalue weighted by Crippen LogP contribution is -2.30. The van der Waals surface area contributed by atoms with Crippen LogP contribution in [0.1, 0.15) is 6.04 Å². The quantitative estimate of drug-likeness (QED) is 0.808. The molecule has 0 radical (unpaired) electrons. The van der Waals surface area contributed by atoms with Crippen molar-refractivity contribution in [1.29, 1.82) is 0 Å². The highest BCUT2D eigenvalue weighted by Gasteiger charge is 2.49. The molecule has 0 unspecified atom stereocenters. The van der Waals surface area contributed by atoms with Gasteiger partial charge in [-0.3, -0.25) is 0 Å².